The highest BCUT2D eigenvalue weighted by atomic mass is 32.2. The van der Waals surface area contributed by atoms with E-state index in [-0.39, 0.29) is 23.1 Å². The molecule has 1 saturated carbocycles. The van der Waals surface area contributed by atoms with Crippen LogP contribution >= 0.6 is 0 Å². The summed E-state index contributed by atoms with van der Waals surface area (Å²) in [6.07, 6.45) is 3.49. The number of carbonyl (C=O) groups excluding carboxylic acids is 3. The van der Waals surface area contributed by atoms with E-state index in [9.17, 15) is 22.8 Å². The molecule has 1 aliphatic carbocycles. The number of carbonyl (C=O) groups is 3. The molecule has 1 heterocycles. The standard InChI is InChI=1S/C21H27N3O5S/c1-14-4-7-16(8-5-14)30(28,29)24-11-10-22-20(27)17(24)12-19(26)23-18-9-6-15(25)13-21(18,2)3/h4-5,7-8,10-11,17-18H,6,9,12-13H2,1-3H3,(H,22,27)(H,23,26)/t17-,18+/m1/s1. The number of Topliss-reactive ketones (excluding diaryl/α,β-unsaturated/α-hetero) is 1. The zero-order valence-corrected chi connectivity index (χ0v) is 18.2. The first kappa shape index (κ1) is 22.0. The fourth-order valence-corrected chi connectivity index (χ4v) is 5.33. The highest BCUT2D eigenvalue weighted by Crippen LogP contribution is 2.34. The molecule has 2 aliphatic rings. The summed E-state index contributed by atoms with van der Waals surface area (Å²) in [6.45, 7) is 5.68. The van der Waals surface area contributed by atoms with Gasteiger partial charge in [-0.25, -0.2) is 8.42 Å². The van der Waals surface area contributed by atoms with Gasteiger partial charge in [0.05, 0.1) is 11.3 Å². The maximum Gasteiger partial charge on any atom is 0.264 e. The van der Waals surface area contributed by atoms with E-state index >= 15 is 0 Å². The van der Waals surface area contributed by atoms with Crippen molar-refractivity contribution in [1.82, 2.24) is 14.9 Å². The predicted molar refractivity (Wildman–Crippen MR) is 110 cm³/mol. The van der Waals surface area contributed by atoms with Crippen molar-refractivity contribution in [2.45, 2.75) is 63.4 Å². The van der Waals surface area contributed by atoms with Crippen LogP contribution in [0.3, 0.4) is 0 Å². The van der Waals surface area contributed by atoms with Crippen molar-refractivity contribution in [3.8, 4) is 0 Å². The fraction of sp³-hybridized carbons (Fsp3) is 0.476. The Bertz CT molecular complexity index is 982. The van der Waals surface area contributed by atoms with Crippen LogP contribution in [-0.4, -0.2) is 42.4 Å². The van der Waals surface area contributed by atoms with Crippen LogP contribution in [0.5, 0.6) is 0 Å². The maximum absolute atomic E-state index is 13.1. The molecule has 1 aliphatic heterocycles. The van der Waals surface area contributed by atoms with Crippen molar-refractivity contribution in [2.24, 2.45) is 5.41 Å². The van der Waals surface area contributed by atoms with Gasteiger partial charge in [0.1, 0.15) is 11.8 Å². The van der Waals surface area contributed by atoms with Gasteiger partial charge in [-0.2, -0.15) is 0 Å². The summed E-state index contributed by atoms with van der Waals surface area (Å²) >= 11 is 0. The van der Waals surface area contributed by atoms with Crippen molar-refractivity contribution < 1.29 is 22.8 Å². The zero-order valence-electron chi connectivity index (χ0n) is 17.3. The largest absolute Gasteiger partial charge is 0.353 e. The average molecular weight is 434 g/mol. The van der Waals surface area contributed by atoms with Crippen molar-refractivity contribution >= 4 is 27.6 Å². The van der Waals surface area contributed by atoms with Gasteiger partial charge in [-0.3, -0.25) is 18.7 Å². The molecule has 8 nitrogen and oxygen atoms in total. The molecule has 0 unspecified atom stereocenters. The van der Waals surface area contributed by atoms with Crippen molar-refractivity contribution in [3.63, 3.8) is 0 Å². The van der Waals surface area contributed by atoms with Crippen LogP contribution in [0.25, 0.3) is 0 Å². The fourth-order valence-electron chi connectivity index (χ4n) is 3.88. The summed E-state index contributed by atoms with van der Waals surface area (Å²) < 4.78 is 27.1. The first-order valence-corrected chi connectivity index (χ1v) is 11.3. The Labute approximate surface area is 176 Å². The summed E-state index contributed by atoms with van der Waals surface area (Å²) in [4.78, 5) is 36.9. The van der Waals surface area contributed by atoms with E-state index in [0.29, 0.717) is 19.3 Å². The summed E-state index contributed by atoms with van der Waals surface area (Å²) in [5, 5.41) is 5.38. The third kappa shape index (κ3) is 4.56. The molecule has 2 atom stereocenters. The van der Waals surface area contributed by atoms with E-state index in [2.05, 4.69) is 10.6 Å². The van der Waals surface area contributed by atoms with E-state index in [4.69, 9.17) is 0 Å². The Hall–Kier alpha value is -2.68. The van der Waals surface area contributed by atoms with Gasteiger partial charge in [-0.1, -0.05) is 31.5 Å². The number of nitrogens with one attached hydrogen (secondary N) is 2. The van der Waals surface area contributed by atoms with Gasteiger partial charge in [0.15, 0.2) is 0 Å². The molecule has 9 heteroatoms. The molecular formula is C21H27N3O5S. The average Bonchev–Trinajstić information content (AvgIpc) is 2.65. The Morgan fingerprint density at radius 3 is 2.53 bits per heavy atom. The van der Waals surface area contributed by atoms with Gasteiger partial charge in [0.2, 0.25) is 11.8 Å². The Morgan fingerprint density at radius 1 is 1.23 bits per heavy atom. The third-order valence-electron chi connectivity index (χ3n) is 5.68. The summed E-state index contributed by atoms with van der Waals surface area (Å²) in [5.41, 5.74) is 0.512. The Balaban J connectivity index is 1.78. The predicted octanol–water partition coefficient (Wildman–Crippen LogP) is 1.61. The molecule has 1 aromatic carbocycles. The Morgan fingerprint density at radius 2 is 1.90 bits per heavy atom. The highest BCUT2D eigenvalue weighted by molar-refractivity contribution is 7.89. The molecule has 2 amide bonds. The number of nitrogens with zero attached hydrogens (tertiary/aromatic N) is 1. The minimum Gasteiger partial charge on any atom is -0.353 e. The van der Waals surface area contributed by atoms with E-state index in [1.165, 1.54) is 24.5 Å². The summed E-state index contributed by atoms with van der Waals surface area (Å²) in [7, 11) is -4.01. The summed E-state index contributed by atoms with van der Waals surface area (Å²) in [6, 6.07) is 4.89. The van der Waals surface area contributed by atoms with Crippen LogP contribution < -0.4 is 10.6 Å². The number of benzene rings is 1. The second-order valence-electron chi connectivity index (χ2n) is 8.56. The van der Waals surface area contributed by atoms with E-state index in [1.54, 1.807) is 12.1 Å². The molecule has 0 aromatic heterocycles. The number of sulfonamides is 1. The molecule has 0 saturated heterocycles. The van der Waals surface area contributed by atoms with E-state index in [0.717, 1.165) is 9.87 Å². The first-order chi connectivity index (χ1) is 14.0. The topological polar surface area (TPSA) is 113 Å². The Kier molecular flexibility index (Phi) is 6.03. The van der Waals surface area contributed by atoms with Crippen molar-refractivity contribution in [1.29, 1.82) is 0 Å². The SMILES string of the molecule is Cc1ccc(S(=O)(=O)N2C=CNC(=O)[C@H]2CC(=O)N[C@H]2CCC(=O)CC2(C)C)cc1. The normalized spacial score (nSPS) is 23.8. The van der Waals surface area contributed by atoms with Crippen LogP contribution in [0.1, 0.15) is 45.1 Å². The molecule has 3 rings (SSSR count). The maximum atomic E-state index is 13.1. The van der Waals surface area contributed by atoms with Gasteiger partial charge in [-0.15, -0.1) is 0 Å². The first-order valence-electron chi connectivity index (χ1n) is 9.89. The van der Waals surface area contributed by atoms with Crippen LogP contribution in [0, 0.1) is 12.3 Å². The number of hydrogen-bond donors (Lipinski definition) is 2. The second kappa shape index (κ2) is 8.22. The van der Waals surface area contributed by atoms with E-state index < -0.39 is 33.3 Å². The number of amides is 2. The molecule has 0 bridgehead atoms. The molecule has 0 spiro atoms. The van der Waals surface area contributed by atoms with Gasteiger partial charge < -0.3 is 10.6 Å². The molecule has 30 heavy (non-hydrogen) atoms. The van der Waals surface area contributed by atoms with Crippen LogP contribution in [-0.2, 0) is 24.4 Å². The van der Waals surface area contributed by atoms with Gasteiger partial charge in [0, 0.05) is 31.3 Å². The molecular weight excluding hydrogens is 406 g/mol. The van der Waals surface area contributed by atoms with Gasteiger partial charge in [0.25, 0.3) is 10.0 Å². The molecule has 0 radical (unpaired) electrons. The molecule has 1 fully saturated rings. The number of rotatable bonds is 5. The summed E-state index contributed by atoms with van der Waals surface area (Å²) in [5.74, 6) is -0.832. The molecule has 2 N–H and O–H groups in total. The minimum atomic E-state index is -4.01. The van der Waals surface area contributed by atoms with Gasteiger partial charge in [-0.05, 0) is 30.9 Å². The second-order valence-corrected chi connectivity index (χ2v) is 10.4. The number of ketones is 1. The highest BCUT2D eigenvalue weighted by Gasteiger charge is 2.40. The zero-order chi connectivity index (χ0) is 22.1. The van der Waals surface area contributed by atoms with Crippen molar-refractivity contribution in [2.75, 3.05) is 0 Å². The number of hydrogen-bond acceptors (Lipinski definition) is 5. The van der Waals surface area contributed by atoms with Gasteiger partial charge >= 0.3 is 0 Å². The lowest BCUT2D eigenvalue weighted by atomic mass is 9.72. The van der Waals surface area contributed by atoms with Crippen LogP contribution in [0.4, 0.5) is 0 Å². The lowest BCUT2D eigenvalue weighted by molar-refractivity contribution is -0.131. The molecule has 162 valence electrons. The third-order valence-corrected chi connectivity index (χ3v) is 7.47. The lowest BCUT2D eigenvalue weighted by Crippen LogP contribution is -2.53. The van der Waals surface area contributed by atoms with Crippen LogP contribution in [0.2, 0.25) is 0 Å². The molecule has 1 aromatic rings. The number of aryl methyl sites for hydroxylation is 1. The van der Waals surface area contributed by atoms with Crippen molar-refractivity contribution in [3.05, 3.63) is 42.2 Å². The smallest absolute Gasteiger partial charge is 0.264 e. The van der Waals surface area contributed by atoms with E-state index in [1.807, 2.05) is 20.8 Å². The monoisotopic (exact) mass is 433 g/mol. The lowest BCUT2D eigenvalue weighted by Gasteiger charge is -2.38. The minimum absolute atomic E-state index is 0.0461. The quantitative estimate of drug-likeness (QED) is 0.733. The van der Waals surface area contributed by atoms with Crippen LogP contribution in [0.15, 0.2) is 41.6 Å².